The van der Waals surface area contributed by atoms with Crippen LogP contribution in [0.25, 0.3) is 0 Å². The van der Waals surface area contributed by atoms with E-state index in [1.807, 2.05) is 0 Å². The molecule has 0 bridgehead atoms. The second-order valence-electron chi connectivity index (χ2n) is 1.48. The molecule has 0 aliphatic rings. The van der Waals surface area contributed by atoms with Crippen molar-refractivity contribution in [3.63, 3.8) is 0 Å². The fourth-order valence-corrected chi connectivity index (χ4v) is 0.123. The Morgan fingerprint density at radius 3 is 1.55 bits per heavy atom. The zero-order valence-corrected chi connectivity index (χ0v) is 5.86. The van der Waals surface area contributed by atoms with Gasteiger partial charge < -0.3 is 21.1 Å². The Bertz CT molecular complexity index is 124. The van der Waals surface area contributed by atoms with E-state index in [0.29, 0.717) is 0 Å². The molecule has 6 nitrogen and oxygen atoms in total. The van der Waals surface area contributed by atoms with E-state index in [0.717, 1.165) is 0 Å². The molecule has 0 radical (unpaired) electrons. The van der Waals surface area contributed by atoms with Crippen molar-refractivity contribution in [2.45, 2.75) is 6.42 Å². The Morgan fingerprint density at radius 2 is 1.55 bits per heavy atom. The SMILES string of the molecule is NCCC(=O)O.O=C(O)CO. The van der Waals surface area contributed by atoms with Crippen LogP contribution in [-0.4, -0.2) is 40.4 Å². The molecule has 0 aromatic carbocycles. The summed E-state index contributed by atoms with van der Waals surface area (Å²) < 4.78 is 0. The predicted octanol–water partition coefficient (Wildman–Crippen LogP) is -1.52. The number of aliphatic carboxylic acids is 2. The first-order valence-corrected chi connectivity index (χ1v) is 2.79. The number of carboxylic acid groups (broad SMARTS) is 2. The highest BCUT2D eigenvalue weighted by Gasteiger charge is 1.87. The van der Waals surface area contributed by atoms with Crippen molar-refractivity contribution in [2.24, 2.45) is 5.73 Å². The molecule has 0 spiro atoms. The molecule has 0 atom stereocenters. The molecular formula is C5H11NO5. The minimum Gasteiger partial charge on any atom is -0.481 e. The van der Waals surface area contributed by atoms with Crippen LogP contribution >= 0.6 is 0 Å². The quantitative estimate of drug-likeness (QED) is 0.403. The predicted molar refractivity (Wildman–Crippen MR) is 36.0 cm³/mol. The third-order valence-corrected chi connectivity index (χ3v) is 0.493. The molecule has 0 aliphatic carbocycles. The summed E-state index contributed by atoms with van der Waals surface area (Å²) in [5, 5.41) is 22.8. The van der Waals surface area contributed by atoms with Crippen molar-refractivity contribution >= 4 is 11.9 Å². The molecule has 0 heterocycles. The van der Waals surface area contributed by atoms with Gasteiger partial charge in [0.15, 0.2) is 0 Å². The standard InChI is InChI=1S/C3H7NO2.C2H4O3/c4-2-1-3(5)6;3-1-2(4)5/h1-2,4H2,(H,5,6);3H,1H2,(H,4,5). The van der Waals surface area contributed by atoms with Crippen LogP contribution in [-0.2, 0) is 9.59 Å². The van der Waals surface area contributed by atoms with E-state index in [9.17, 15) is 4.79 Å². The molecule has 0 aliphatic heterocycles. The van der Waals surface area contributed by atoms with E-state index in [-0.39, 0.29) is 13.0 Å². The third-order valence-electron chi connectivity index (χ3n) is 0.493. The van der Waals surface area contributed by atoms with Gasteiger partial charge in [0.25, 0.3) is 0 Å². The average molecular weight is 165 g/mol. The summed E-state index contributed by atoms with van der Waals surface area (Å²) >= 11 is 0. The molecule has 66 valence electrons. The molecule has 0 saturated carbocycles. The molecule has 11 heavy (non-hydrogen) atoms. The highest BCUT2D eigenvalue weighted by Crippen LogP contribution is 1.67. The number of hydrogen-bond acceptors (Lipinski definition) is 4. The Hall–Kier alpha value is -1.14. The van der Waals surface area contributed by atoms with E-state index in [1.54, 1.807) is 0 Å². The number of aliphatic hydroxyl groups excluding tert-OH is 1. The fraction of sp³-hybridized carbons (Fsp3) is 0.600. The summed E-state index contributed by atoms with van der Waals surface area (Å²) in [6.07, 6.45) is 0.0694. The molecule has 0 rings (SSSR count). The van der Waals surface area contributed by atoms with Gasteiger partial charge in [-0.05, 0) is 0 Å². The van der Waals surface area contributed by atoms with Gasteiger partial charge in [-0.15, -0.1) is 0 Å². The lowest BCUT2D eigenvalue weighted by Gasteiger charge is -1.80. The highest BCUT2D eigenvalue weighted by molar-refractivity contribution is 5.67. The zero-order chi connectivity index (χ0) is 9.28. The van der Waals surface area contributed by atoms with E-state index in [4.69, 9.17) is 25.8 Å². The molecule has 0 amide bonds. The number of hydrogen-bond donors (Lipinski definition) is 4. The maximum Gasteiger partial charge on any atom is 0.329 e. The Balaban J connectivity index is 0. The van der Waals surface area contributed by atoms with Gasteiger partial charge in [-0.1, -0.05) is 0 Å². The van der Waals surface area contributed by atoms with Crippen LogP contribution in [0, 0.1) is 0 Å². The Morgan fingerprint density at radius 1 is 1.18 bits per heavy atom. The first-order chi connectivity index (χ1) is 5.04. The molecule has 0 unspecified atom stereocenters. The number of aliphatic hydroxyl groups is 1. The van der Waals surface area contributed by atoms with Crippen molar-refractivity contribution in [3.05, 3.63) is 0 Å². The topological polar surface area (TPSA) is 121 Å². The largest absolute Gasteiger partial charge is 0.481 e. The number of carboxylic acids is 2. The first-order valence-electron chi connectivity index (χ1n) is 2.79. The van der Waals surface area contributed by atoms with Crippen molar-refractivity contribution in [1.82, 2.24) is 0 Å². The van der Waals surface area contributed by atoms with Crippen LogP contribution in [0.3, 0.4) is 0 Å². The Labute approximate surface area is 63.3 Å². The van der Waals surface area contributed by atoms with Crippen LogP contribution in [0.1, 0.15) is 6.42 Å². The summed E-state index contributed by atoms with van der Waals surface area (Å²) in [6.45, 7) is -0.546. The Kier molecular flexibility index (Phi) is 10.1. The molecule has 0 saturated heterocycles. The minimum absolute atomic E-state index is 0.0694. The van der Waals surface area contributed by atoms with Crippen LogP contribution < -0.4 is 5.73 Å². The highest BCUT2D eigenvalue weighted by atomic mass is 16.4. The lowest BCUT2D eigenvalue weighted by atomic mass is 10.5. The summed E-state index contributed by atoms with van der Waals surface area (Å²) in [6, 6.07) is 0. The normalized spacial score (nSPS) is 7.82. The zero-order valence-electron chi connectivity index (χ0n) is 5.86. The first kappa shape index (κ1) is 12.5. The lowest BCUT2D eigenvalue weighted by molar-refractivity contribution is -0.140. The number of rotatable bonds is 3. The molecule has 0 fully saturated rings. The van der Waals surface area contributed by atoms with Gasteiger partial charge in [0.05, 0.1) is 6.42 Å². The molecule has 6 heteroatoms. The molecule has 0 aromatic heterocycles. The minimum atomic E-state index is -1.19. The summed E-state index contributed by atoms with van der Waals surface area (Å²) in [5.74, 6) is -2.03. The van der Waals surface area contributed by atoms with Crippen LogP contribution in [0.5, 0.6) is 0 Å². The number of carbonyl (C=O) groups is 2. The maximum atomic E-state index is 9.52. The van der Waals surface area contributed by atoms with E-state index in [2.05, 4.69) is 0 Å². The smallest absolute Gasteiger partial charge is 0.329 e. The van der Waals surface area contributed by atoms with Gasteiger partial charge in [0.1, 0.15) is 6.61 Å². The van der Waals surface area contributed by atoms with Crippen molar-refractivity contribution in [2.75, 3.05) is 13.2 Å². The van der Waals surface area contributed by atoms with Gasteiger partial charge in [-0.2, -0.15) is 0 Å². The van der Waals surface area contributed by atoms with Crippen molar-refractivity contribution < 1.29 is 24.9 Å². The van der Waals surface area contributed by atoms with E-state index >= 15 is 0 Å². The van der Waals surface area contributed by atoms with Crippen molar-refractivity contribution in [3.8, 4) is 0 Å². The monoisotopic (exact) mass is 165 g/mol. The molecule has 0 aromatic rings. The fourth-order valence-electron chi connectivity index (χ4n) is 0.123. The van der Waals surface area contributed by atoms with Crippen molar-refractivity contribution in [1.29, 1.82) is 0 Å². The summed E-state index contributed by atoms with van der Waals surface area (Å²) in [5.41, 5.74) is 4.85. The van der Waals surface area contributed by atoms with Gasteiger partial charge >= 0.3 is 11.9 Å². The van der Waals surface area contributed by atoms with Gasteiger partial charge in [-0.25, -0.2) is 4.79 Å². The molecule has 5 N–H and O–H groups in total. The average Bonchev–Trinajstić information content (AvgIpc) is 1.89. The van der Waals surface area contributed by atoms with Gasteiger partial charge in [0.2, 0.25) is 0 Å². The van der Waals surface area contributed by atoms with Crippen LogP contribution in [0.15, 0.2) is 0 Å². The number of nitrogens with two attached hydrogens (primary N) is 1. The lowest BCUT2D eigenvalue weighted by Crippen LogP contribution is -2.05. The second kappa shape index (κ2) is 8.86. The summed E-state index contributed by atoms with van der Waals surface area (Å²) in [7, 11) is 0. The van der Waals surface area contributed by atoms with Gasteiger partial charge in [0, 0.05) is 6.54 Å². The third kappa shape index (κ3) is 28.0. The van der Waals surface area contributed by atoms with Crippen LogP contribution in [0.4, 0.5) is 0 Å². The maximum absolute atomic E-state index is 9.52. The van der Waals surface area contributed by atoms with E-state index in [1.165, 1.54) is 0 Å². The van der Waals surface area contributed by atoms with E-state index < -0.39 is 18.5 Å². The summed E-state index contributed by atoms with van der Waals surface area (Å²) in [4.78, 5) is 18.6. The second-order valence-corrected chi connectivity index (χ2v) is 1.48. The van der Waals surface area contributed by atoms with Gasteiger partial charge in [-0.3, -0.25) is 4.79 Å². The van der Waals surface area contributed by atoms with Crippen LogP contribution in [0.2, 0.25) is 0 Å². The molecular weight excluding hydrogens is 154 g/mol.